The second kappa shape index (κ2) is 8.91. The molecule has 2 atom stereocenters. The van der Waals surface area contributed by atoms with Crippen LogP contribution in [0.25, 0.3) is 6.08 Å². The van der Waals surface area contributed by atoms with E-state index in [2.05, 4.69) is 14.5 Å². The molecule has 1 aliphatic heterocycles. The molecule has 0 radical (unpaired) electrons. The van der Waals surface area contributed by atoms with Crippen LogP contribution in [0, 0.1) is 0 Å². The molecule has 2 heterocycles. The smallest absolute Gasteiger partial charge is 0.345 e. The maximum atomic E-state index is 12.1. The minimum Gasteiger partial charge on any atom is -0.462 e. The standard InChI is InChI=1S/C16H23N3O5S/c1-5-22-15(20)12(16(21)23-6-2)7-13-14(25-18-17-13)19-8-10(3)24-11(4)9-19/h7,10-11H,5-6,8-9H2,1-4H3/t10-,11-/m0/s1. The van der Waals surface area contributed by atoms with Gasteiger partial charge in [-0.15, -0.1) is 5.10 Å². The van der Waals surface area contributed by atoms with E-state index in [9.17, 15) is 9.59 Å². The van der Waals surface area contributed by atoms with E-state index in [0.29, 0.717) is 18.8 Å². The van der Waals surface area contributed by atoms with Gasteiger partial charge in [0.25, 0.3) is 0 Å². The van der Waals surface area contributed by atoms with Gasteiger partial charge in [0, 0.05) is 24.6 Å². The van der Waals surface area contributed by atoms with Gasteiger partial charge in [-0.05, 0) is 33.8 Å². The highest BCUT2D eigenvalue weighted by Crippen LogP contribution is 2.28. The molecule has 138 valence electrons. The Morgan fingerprint density at radius 1 is 1.20 bits per heavy atom. The lowest BCUT2D eigenvalue weighted by Crippen LogP contribution is -2.45. The number of hydrogen-bond donors (Lipinski definition) is 0. The Bertz CT molecular complexity index is 615. The third-order valence-electron chi connectivity index (χ3n) is 3.47. The van der Waals surface area contributed by atoms with Gasteiger partial charge in [0.15, 0.2) is 0 Å². The molecule has 1 aromatic heterocycles. The first-order valence-corrected chi connectivity index (χ1v) is 9.02. The minimum absolute atomic E-state index is 0.0669. The lowest BCUT2D eigenvalue weighted by atomic mass is 10.2. The van der Waals surface area contributed by atoms with Crippen LogP contribution in [0.1, 0.15) is 33.4 Å². The van der Waals surface area contributed by atoms with Crippen LogP contribution in [0.3, 0.4) is 0 Å². The number of carbonyl (C=O) groups is 2. The number of aromatic nitrogens is 2. The Morgan fingerprint density at radius 3 is 2.28 bits per heavy atom. The molecule has 8 nitrogen and oxygen atoms in total. The van der Waals surface area contributed by atoms with E-state index in [1.807, 2.05) is 13.8 Å². The van der Waals surface area contributed by atoms with Gasteiger partial charge in [-0.3, -0.25) is 0 Å². The summed E-state index contributed by atoms with van der Waals surface area (Å²) in [5.41, 5.74) is 0.259. The van der Waals surface area contributed by atoms with Crippen molar-refractivity contribution in [1.29, 1.82) is 0 Å². The molecule has 1 saturated heterocycles. The number of esters is 2. The van der Waals surface area contributed by atoms with Crippen molar-refractivity contribution in [3.05, 3.63) is 11.3 Å². The van der Waals surface area contributed by atoms with E-state index < -0.39 is 11.9 Å². The average Bonchev–Trinajstić information content (AvgIpc) is 3.00. The number of anilines is 1. The second-order valence-corrected chi connectivity index (χ2v) is 6.36. The van der Waals surface area contributed by atoms with Crippen molar-refractivity contribution in [3.63, 3.8) is 0 Å². The molecule has 2 rings (SSSR count). The van der Waals surface area contributed by atoms with Crippen molar-refractivity contribution >= 4 is 34.5 Å². The van der Waals surface area contributed by atoms with Gasteiger partial charge >= 0.3 is 11.9 Å². The molecular formula is C16H23N3O5S. The maximum Gasteiger partial charge on any atom is 0.345 e. The predicted octanol–water partition coefficient (Wildman–Crippen LogP) is 1.66. The molecule has 0 bridgehead atoms. The monoisotopic (exact) mass is 369 g/mol. The number of hydrogen-bond acceptors (Lipinski definition) is 9. The molecule has 0 saturated carbocycles. The van der Waals surface area contributed by atoms with Crippen LogP contribution in [0.5, 0.6) is 0 Å². The molecule has 1 aromatic rings. The Kier molecular flexibility index (Phi) is 6.89. The highest BCUT2D eigenvalue weighted by molar-refractivity contribution is 7.10. The fourth-order valence-electron chi connectivity index (χ4n) is 2.60. The number of ether oxygens (including phenoxy) is 3. The Balaban J connectivity index is 2.32. The largest absolute Gasteiger partial charge is 0.462 e. The number of nitrogens with zero attached hydrogens (tertiary/aromatic N) is 3. The van der Waals surface area contributed by atoms with Crippen molar-refractivity contribution in [2.24, 2.45) is 0 Å². The van der Waals surface area contributed by atoms with Crippen LogP contribution in [-0.4, -0.2) is 60.0 Å². The first-order valence-electron chi connectivity index (χ1n) is 8.24. The summed E-state index contributed by atoms with van der Waals surface area (Å²) in [6, 6.07) is 0. The zero-order valence-corrected chi connectivity index (χ0v) is 15.7. The quantitative estimate of drug-likeness (QED) is 0.324. The summed E-state index contributed by atoms with van der Waals surface area (Å²) in [6.07, 6.45) is 1.52. The SMILES string of the molecule is CCOC(=O)C(=Cc1nnsc1N1C[C@H](C)O[C@@H](C)C1)C(=O)OCC. The van der Waals surface area contributed by atoms with Gasteiger partial charge in [0.1, 0.15) is 16.3 Å². The van der Waals surface area contributed by atoms with Crippen LogP contribution in [0.15, 0.2) is 5.57 Å². The third-order valence-corrected chi connectivity index (χ3v) is 4.28. The molecule has 0 amide bonds. The highest BCUT2D eigenvalue weighted by atomic mass is 32.1. The first-order chi connectivity index (χ1) is 12.0. The van der Waals surface area contributed by atoms with Crippen LogP contribution >= 0.6 is 11.5 Å². The molecule has 0 aromatic carbocycles. The summed E-state index contributed by atoms with van der Waals surface area (Å²) in [4.78, 5) is 26.3. The number of rotatable bonds is 6. The van der Waals surface area contributed by atoms with E-state index in [1.54, 1.807) is 13.8 Å². The summed E-state index contributed by atoms with van der Waals surface area (Å²) in [5, 5.41) is 4.85. The van der Waals surface area contributed by atoms with Crippen LogP contribution in [0.2, 0.25) is 0 Å². The molecule has 0 N–H and O–H groups in total. The van der Waals surface area contributed by atoms with Crippen LogP contribution in [0.4, 0.5) is 5.00 Å². The van der Waals surface area contributed by atoms with Crippen molar-refractivity contribution in [2.75, 3.05) is 31.2 Å². The topological polar surface area (TPSA) is 90.9 Å². The second-order valence-electron chi connectivity index (χ2n) is 5.62. The number of morpholine rings is 1. The zero-order valence-electron chi connectivity index (χ0n) is 14.9. The zero-order chi connectivity index (χ0) is 18.4. The summed E-state index contributed by atoms with van der Waals surface area (Å²) in [5.74, 6) is -1.47. The van der Waals surface area contributed by atoms with Crippen LogP contribution in [-0.2, 0) is 23.8 Å². The van der Waals surface area contributed by atoms with Gasteiger partial charge in [0.05, 0.1) is 25.4 Å². The molecule has 1 aliphatic rings. The first kappa shape index (κ1) is 19.3. The average molecular weight is 369 g/mol. The van der Waals surface area contributed by atoms with Crippen molar-refractivity contribution in [2.45, 2.75) is 39.9 Å². The predicted molar refractivity (Wildman–Crippen MR) is 93.4 cm³/mol. The molecule has 0 unspecified atom stereocenters. The van der Waals surface area contributed by atoms with Crippen molar-refractivity contribution in [3.8, 4) is 0 Å². The lowest BCUT2D eigenvalue weighted by molar-refractivity contribution is -0.146. The van der Waals surface area contributed by atoms with Crippen molar-refractivity contribution in [1.82, 2.24) is 9.59 Å². The molecular weight excluding hydrogens is 346 g/mol. The minimum atomic E-state index is -0.733. The van der Waals surface area contributed by atoms with E-state index in [0.717, 1.165) is 5.00 Å². The van der Waals surface area contributed by atoms with Gasteiger partial charge in [0.2, 0.25) is 0 Å². The third kappa shape index (κ3) is 4.99. The molecule has 1 fully saturated rings. The van der Waals surface area contributed by atoms with Gasteiger partial charge in [-0.25, -0.2) is 9.59 Å². The van der Waals surface area contributed by atoms with Crippen molar-refractivity contribution < 1.29 is 23.8 Å². The normalized spacial score (nSPS) is 20.1. The number of carbonyl (C=O) groups excluding carboxylic acids is 2. The Morgan fingerprint density at radius 2 is 1.76 bits per heavy atom. The fourth-order valence-corrected chi connectivity index (χ4v) is 3.27. The van der Waals surface area contributed by atoms with E-state index in [1.165, 1.54) is 17.6 Å². The van der Waals surface area contributed by atoms with Gasteiger partial charge in [-0.1, -0.05) is 4.49 Å². The Hall–Kier alpha value is -2.00. The summed E-state index contributed by atoms with van der Waals surface area (Å²) in [7, 11) is 0. The lowest BCUT2D eigenvalue weighted by Gasteiger charge is -2.35. The van der Waals surface area contributed by atoms with E-state index in [4.69, 9.17) is 14.2 Å². The molecule has 25 heavy (non-hydrogen) atoms. The van der Waals surface area contributed by atoms with E-state index >= 15 is 0 Å². The van der Waals surface area contributed by atoms with Gasteiger partial charge < -0.3 is 19.1 Å². The summed E-state index contributed by atoms with van der Waals surface area (Å²) < 4.78 is 19.6. The fraction of sp³-hybridized carbons (Fsp3) is 0.625. The summed E-state index contributed by atoms with van der Waals surface area (Å²) in [6.45, 7) is 9.03. The summed E-state index contributed by atoms with van der Waals surface area (Å²) >= 11 is 1.21. The van der Waals surface area contributed by atoms with Crippen LogP contribution < -0.4 is 4.90 Å². The van der Waals surface area contributed by atoms with E-state index in [-0.39, 0.29) is 31.0 Å². The van der Waals surface area contributed by atoms with Gasteiger partial charge in [-0.2, -0.15) is 0 Å². The molecule has 9 heteroatoms. The Labute approximate surface area is 150 Å². The highest BCUT2D eigenvalue weighted by Gasteiger charge is 2.27. The maximum absolute atomic E-state index is 12.1. The molecule has 0 spiro atoms. The molecule has 0 aliphatic carbocycles.